The number of amides is 1. The van der Waals surface area contributed by atoms with Gasteiger partial charge in [-0.15, -0.1) is 0 Å². The van der Waals surface area contributed by atoms with Crippen LogP contribution in [0.4, 0.5) is 5.69 Å². The van der Waals surface area contributed by atoms with Gasteiger partial charge in [0.05, 0.1) is 6.21 Å². The quantitative estimate of drug-likeness (QED) is 0.479. The monoisotopic (exact) mass is 394 g/mol. The molecule has 0 saturated carbocycles. The molecule has 0 aliphatic rings. The molecule has 0 aromatic heterocycles. The van der Waals surface area contributed by atoms with Gasteiger partial charge < -0.3 is 10.2 Å². The lowest BCUT2D eigenvalue weighted by Crippen LogP contribution is -2.16. The Balaban J connectivity index is 1.79. The molecule has 0 bridgehead atoms. The van der Waals surface area contributed by atoms with E-state index in [9.17, 15) is 4.79 Å². The van der Waals surface area contributed by atoms with Crippen molar-refractivity contribution in [3.8, 4) is 0 Å². The van der Waals surface area contributed by atoms with Gasteiger partial charge in [-0.3, -0.25) is 4.79 Å². The first kappa shape index (κ1) is 15.5. The van der Waals surface area contributed by atoms with Crippen LogP contribution in [0.3, 0.4) is 0 Å². The van der Waals surface area contributed by atoms with Crippen molar-refractivity contribution in [3.05, 3.63) is 63.2 Å². The van der Waals surface area contributed by atoms with Crippen molar-refractivity contribution in [2.24, 2.45) is 5.16 Å². The molecule has 0 heterocycles. The van der Waals surface area contributed by atoms with E-state index in [4.69, 9.17) is 4.84 Å². The summed E-state index contributed by atoms with van der Waals surface area (Å²) in [7, 11) is 0. The standard InChI is InChI=1S/C16H15IN2O2/c1-12-4-2-3-5-13(12)10-18-21-11-16(20)19-15-8-6-14(17)7-9-15/h2-10H,11H2,1H3,(H,19,20)/b18-10-. The Kier molecular flexibility index (Phi) is 5.74. The summed E-state index contributed by atoms with van der Waals surface area (Å²) in [5, 5.41) is 6.55. The summed E-state index contributed by atoms with van der Waals surface area (Å²) >= 11 is 2.21. The van der Waals surface area contributed by atoms with Crippen molar-refractivity contribution in [1.82, 2.24) is 0 Å². The second-order valence-electron chi connectivity index (χ2n) is 4.42. The van der Waals surface area contributed by atoms with E-state index in [2.05, 4.69) is 33.1 Å². The van der Waals surface area contributed by atoms with Crippen LogP contribution < -0.4 is 5.32 Å². The maximum absolute atomic E-state index is 11.7. The minimum atomic E-state index is -0.238. The van der Waals surface area contributed by atoms with Gasteiger partial charge in [-0.2, -0.15) is 0 Å². The number of nitrogens with one attached hydrogen (secondary N) is 1. The Bertz CT molecular complexity index is 639. The van der Waals surface area contributed by atoms with Crippen molar-refractivity contribution >= 4 is 40.4 Å². The van der Waals surface area contributed by atoms with Crippen LogP contribution in [0.5, 0.6) is 0 Å². The fourth-order valence-electron chi connectivity index (χ4n) is 1.65. The van der Waals surface area contributed by atoms with Crippen LogP contribution in [0.2, 0.25) is 0 Å². The fraction of sp³-hybridized carbons (Fsp3) is 0.125. The molecule has 0 aliphatic carbocycles. The topological polar surface area (TPSA) is 50.7 Å². The van der Waals surface area contributed by atoms with Crippen LogP contribution in [-0.2, 0) is 9.63 Å². The molecular weight excluding hydrogens is 379 g/mol. The molecule has 5 heteroatoms. The van der Waals surface area contributed by atoms with E-state index in [1.807, 2.05) is 55.5 Å². The zero-order chi connectivity index (χ0) is 15.1. The van der Waals surface area contributed by atoms with Gasteiger partial charge in [-0.1, -0.05) is 29.4 Å². The molecular formula is C16H15IN2O2. The molecule has 0 atom stereocenters. The molecule has 2 aromatic rings. The average molecular weight is 394 g/mol. The van der Waals surface area contributed by atoms with E-state index in [1.54, 1.807) is 6.21 Å². The van der Waals surface area contributed by atoms with Gasteiger partial charge in [0.15, 0.2) is 6.61 Å². The van der Waals surface area contributed by atoms with Crippen LogP contribution in [0.15, 0.2) is 53.7 Å². The first-order chi connectivity index (χ1) is 10.1. The molecule has 21 heavy (non-hydrogen) atoms. The number of hydrogen-bond acceptors (Lipinski definition) is 3. The fourth-order valence-corrected chi connectivity index (χ4v) is 2.01. The lowest BCUT2D eigenvalue weighted by molar-refractivity contribution is -0.120. The number of aryl methyl sites for hydroxylation is 1. The summed E-state index contributed by atoms with van der Waals surface area (Å²) in [6.45, 7) is 1.87. The van der Waals surface area contributed by atoms with E-state index in [-0.39, 0.29) is 12.5 Å². The number of nitrogens with zero attached hydrogens (tertiary/aromatic N) is 1. The van der Waals surface area contributed by atoms with E-state index < -0.39 is 0 Å². The number of benzene rings is 2. The van der Waals surface area contributed by atoms with Gasteiger partial charge in [0.1, 0.15) is 0 Å². The molecule has 0 radical (unpaired) electrons. The SMILES string of the molecule is Cc1ccccc1/C=N\OCC(=O)Nc1ccc(I)cc1. The van der Waals surface area contributed by atoms with E-state index in [1.165, 1.54) is 0 Å². The zero-order valence-corrected chi connectivity index (χ0v) is 13.7. The smallest absolute Gasteiger partial charge is 0.265 e. The van der Waals surface area contributed by atoms with Crippen molar-refractivity contribution in [2.45, 2.75) is 6.92 Å². The third-order valence-electron chi connectivity index (χ3n) is 2.78. The van der Waals surface area contributed by atoms with Crippen LogP contribution in [0.1, 0.15) is 11.1 Å². The highest BCUT2D eigenvalue weighted by Crippen LogP contribution is 2.10. The first-order valence-corrected chi connectivity index (χ1v) is 7.49. The number of carbonyl (C=O) groups excluding carboxylic acids is 1. The molecule has 1 N–H and O–H groups in total. The largest absolute Gasteiger partial charge is 0.386 e. The minimum Gasteiger partial charge on any atom is -0.386 e. The Morgan fingerprint density at radius 2 is 1.95 bits per heavy atom. The molecule has 2 rings (SSSR count). The number of rotatable bonds is 5. The minimum absolute atomic E-state index is 0.117. The number of halogens is 1. The summed E-state index contributed by atoms with van der Waals surface area (Å²) in [5.74, 6) is -0.238. The Hall–Kier alpha value is -1.89. The Labute approximate surface area is 137 Å². The molecule has 2 aromatic carbocycles. The number of hydrogen-bond donors (Lipinski definition) is 1. The van der Waals surface area contributed by atoms with Gasteiger partial charge in [0.2, 0.25) is 0 Å². The maximum atomic E-state index is 11.7. The van der Waals surface area contributed by atoms with Gasteiger partial charge in [0.25, 0.3) is 5.91 Å². The number of anilines is 1. The van der Waals surface area contributed by atoms with E-state index >= 15 is 0 Å². The zero-order valence-electron chi connectivity index (χ0n) is 11.5. The molecule has 1 amide bonds. The Morgan fingerprint density at radius 1 is 1.24 bits per heavy atom. The maximum Gasteiger partial charge on any atom is 0.265 e. The third kappa shape index (κ3) is 5.18. The van der Waals surface area contributed by atoms with Crippen molar-refractivity contribution in [1.29, 1.82) is 0 Å². The molecule has 0 saturated heterocycles. The molecule has 0 aliphatic heterocycles. The lowest BCUT2D eigenvalue weighted by Gasteiger charge is -2.04. The summed E-state index contributed by atoms with van der Waals surface area (Å²) in [4.78, 5) is 16.7. The third-order valence-corrected chi connectivity index (χ3v) is 3.50. The normalized spacial score (nSPS) is 10.6. The van der Waals surface area contributed by atoms with Crippen LogP contribution >= 0.6 is 22.6 Å². The summed E-state index contributed by atoms with van der Waals surface area (Å²) < 4.78 is 1.12. The van der Waals surface area contributed by atoms with Crippen LogP contribution in [0.25, 0.3) is 0 Å². The van der Waals surface area contributed by atoms with Crippen molar-refractivity contribution < 1.29 is 9.63 Å². The van der Waals surface area contributed by atoms with Gasteiger partial charge >= 0.3 is 0 Å². The lowest BCUT2D eigenvalue weighted by atomic mass is 10.1. The summed E-state index contributed by atoms with van der Waals surface area (Å²) in [6.07, 6.45) is 1.60. The number of oxime groups is 1. The predicted octanol–water partition coefficient (Wildman–Crippen LogP) is 3.59. The van der Waals surface area contributed by atoms with Gasteiger partial charge in [-0.25, -0.2) is 0 Å². The molecule has 108 valence electrons. The molecule has 0 fully saturated rings. The van der Waals surface area contributed by atoms with Crippen molar-refractivity contribution in [3.63, 3.8) is 0 Å². The van der Waals surface area contributed by atoms with E-state index in [0.717, 1.165) is 20.4 Å². The average Bonchev–Trinajstić information content (AvgIpc) is 2.48. The highest BCUT2D eigenvalue weighted by Gasteiger charge is 2.02. The summed E-state index contributed by atoms with van der Waals surface area (Å²) in [5.41, 5.74) is 2.82. The summed E-state index contributed by atoms with van der Waals surface area (Å²) in [6, 6.07) is 15.4. The van der Waals surface area contributed by atoms with Gasteiger partial charge in [0, 0.05) is 9.26 Å². The molecule has 4 nitrogen and oxygen atoms in total. The Morgan fingerprint density at radius 3 is 2.67 bits per heavy atom. The van der Waals surface area contributed by atoms with Crippen molar-refractivity contribution in [2.75, 3.05) is 11.9 Å². The second kappa shape index (κ2) is 7.78. The van der Waals surface area contributed by atoms with E-state index in [0.29, 0.717) is 0 Å². The first-order valence-electron chi connectivity index (χ1n) is 6.41. The van der Waals surface area contributed by atoms with Gasteiger partial charge in [-0.05, 0) is 64.9 Å². The second-order valence-corrected chi connectivity index (χ2v) is 5.67. The predicted molar refractivity (Wildman–Crippen MR) is 92.5 cm³/mol. The molecule has 0 unspecified atom stereocenters. The van der Waals surface area contributed by atoms with Crippen LogP contribution in [0, 0.1) is 10.5 Å². The molecule has 0 spiro atoms. The highest BCUT2D eigenvalue weighted by molar-refractivity contribution is 14.1. The highest BCUT2D eigenvalue weighted by atomic mass is 127. The van der Waals surface area contributed by atoms with Crippen LogP contribution in [-0.4, -0.2) is 18.7 Å². The number of carbonyl (C=O) groups is 1.